The van der Waals surface area contributed by atoms with E-state index in [1.54, 1.807) is 0 Å². The lowest BCUT2D eigenvalue weighted by Crippen LogP contribution is -2.28. The summed E-state index contributed by atoms with van der Waals surface area (Å²) in [6.45, 7) is 4.39. The van der Waals surface area contributed by atoms with E-state index in [9.17, 15) is 0 Å². The summed E-state index contributed by atoms with van der Waals surface area (Å²) < 4.78 is 0. The lowest BCUT2D eigenvalue weighted by atomic mass is 9.91. The quantitative estimate of drug-likeness (QED) is 0.884. The Bertz CT molecular complexity index is 521. The first-order valence-electron chi connectivity index (χ1n) is 7.21. The molecule has 0 aliphatic carbocycles. The number of hydrogen-bond donors (Lipinski definition) is 2. The zero-order chi connectivity index (χ0) is 13.1. The van der Waals surface area contributed by atoms with Crippen molar-refractivity contribution in [2.45, 2.75) is 32.1 Å². The van der Waals surface area contributed by atoms with Gasteiger partial charge in [-0.05, 0) is 36.9 Å². The van der Waals surface area contributed by atoms with Crippen molar-refractivity contribution < 1.29 is 0 Å². The Kier molecular flexibility index (Phi) is 3.65. The van der Waals surface area contributed by atoms with Crippen LogP contribution in [0.3, 0.4) is 0 Å². The van der Waals surface area contributed by atoms with E-state index < -0.39 is 0 Å². The fraction of sp³-hybridized carbons (Fsp3) is 0.438. The molecule has 3 heteroatoms. The van der Waals surface area contributed by atoms with Crippen molar-refractivity contribution in [2.24, 2.45) is 0 Å². The number of aromatic nitrogens is 2. The Morgan fingerprint density at radius 2 is 2.11 bits per heavy atom. The van der Waals surface area contributed by atoms with Crippen LogP contribution in [0.25, 0.3) is 11.1 Å². The van der Waals surface area contributed by atoms with Gasteiger partial charge in [-0.25, -0.2) is 0 Å². The zero-order valence-corrected chi connectivity index (χ0v) is 11.4. The molecule has 1 fully saturated rings. The van der Waals surface area contributed by atoms with Crippen molar-refractivity contribution in [3.05, 3.63) is 41.7 Å². The number of aromatic amines is 1. The second-order valence-electron chi connectivity index (χ2n) is 5.29. The molecule has 100 valence electrons. The molecule has 0 saturated carbocycles. The minimum absolute atomic E-state index is 0.567. The molecule has 0 radical (unpaired) electrons. The average Bonchev–Trinajstić information content (AvgIpc) is 2.98. The molecule has 0 bridgehead atoms. The van der Waals surface area contributed by atoms with Crippen molar-refractivity contribution in [2.75, 3.05) is 13.1 Å². The Balaban J connectivity index is 1.89. The number of piperidine rings is 1. The molecule has 1 saturated heterocycles. The van der Waals surface area contributed by atoms with Gasteiger partial charge in [0.2, 0.25) is 0 Å². The summed E-state index contributed by atoms with van der Waals surface area (Å²) >= 11 is 0. The molecule has 2 heterocycles. The third-order valence-corrected chi connectivity index (χ3v) is 4.05. The molecule has 2 N–H and O–H groups in total. The standard InChI is InChI=1S/C16H21N3/c1-2-12-5-7-13(8-6-12)15-11-18-19-16(15)14-4-3-9-17-10-14/h5-8,11,14,17H,2-4,9-10H2,1H3,(H,18,19). The smallest absolute Gasteiger partial charge is 0.0568 e. The molecule has 1 atom stereocenters. The lowest BCUT2D eigenvalue weighted by Gasteiger charge is -2.22. The van der Waals surface area contributed by atoms with E-state index >= 15 is 0 Å². The molecule has 19 heavy (non-hydrogen) atoms. The normalized spacial score (nSPS) is 19.5. The van der Waals surface area contributed by atoms with Crippen LogP contribution in [0.5, 0.6) is 0 Å². The Hall–Kier alpha value is -1.61. The number of H-pyrrole nitrogens is 1. The van der Waals surface area contributed by atoms with Crippen molar-refractivity contribution in [1.29, 1.82) is 0 Å². The number of nitrogens with zero attached hydrogens (tertiary/aromatic N) is 1. The van der Waals surface area contributed by atoms with Gasteiger partial charge in [-0.1, -0.05) is 31.2 Å². The summed E-state index contributed by atoms with van der Waals surface area (Å²) in [6.07, 6.45) is 5.54. The molecule has 1 aromatic heterocycles. The molecule has 1 aliphatic rings. The molecule has 1 unspecified atom stereocenters. The van der Waals surface area contributed by atoms with Crippen LogP contribution in [0.15, 0.2) is 30.5 Å². The van der Waals surface area contributed by atoms with E-state index in [1.165, 1.54) is 35.2 Å². The summed E-state index contributed by atoms with van der Waals surface area (Å²) in [6, 6.07) is 8.85. The predicted octanol–water partition coefficient (Wildman–Crippen LogP) is 3.11. The van der Waals surface area contributed by atoms with Gasteiger partial charge in [0.1, 0.15) is 0 Å². The first-order valence-corrected chi connectivity index (χ1v) is 7.21. The highest BCUT2D eigenvalue weighted by atomic mass is 15.1. The van der Waals surface area contributed by atoms with Gasteiger partial charge in [-0.3, -0.25) is 5.10 Å². The molecular weight excluding hydrogens is 234 g/mol. The summed E-state index contributed by atoms with van der Waals surface area (Å²) in [7, 11) is 0. The van der Waals surface area contributed by atoms with Crippen LogP contribution in [-0.4, -0.2) is 23.3 Å². The topological polar surface area (TPSA) is 40.7 Å². The number of hydrogen-bond acceptors (Lipinski definition) is 2. The summed E-state index contributed by atoms with van der Waals surface area (Å²) in [5, 5.41) is 10.9. The van der Waals surface area contributed by atoms with Gasteiger partial charge in [0.25, 0.3) is 0 Å². The van der Waals surface area contributed by atoms with Gasteiger partial charge < -0.3 is 5.32 Å². The third-order valence-electron chi connectivity index (χ3n) is 4.05. The zero-order valence-electron chi connectivity index (χ0n) is 11.4. The maximum absolute atomic E-state index is 4.26. The van der Waals surface area contributed by atoms with Crippen LogP contribution in [0.4, 0.5) is 0 Å². The maximum Gasteiger partial charge on any atom is 0.0568 e. The van der Waals surface area contributed by atoms with Crippen LogP contribution in [0.2, 0.25) is 0 Å². The van der Waals surface area contributed by atoms with E-state index in [0.717, 1.165) is 19.5 Å². The first-order chi connectivity index (χ1) is 9.38. The van der Waals surface area contributed by atoms with E-state index in [2.05, 4.69) is 46.7 Å². The van der Waals surface area contributed by atoms with E-state index in [1.807, 2.05) is 6.20 Å². The predicted molar refractivity (Wildman–Crippen MR) is 78.2 cm³/mol. The van der Waals surface area contributed by atoms with Crippen molar-refractivity contribution in [3.8, 4) is 11.1 Å². The second-order valence-corrected chi connectivity index (χ2v) is 5.29. The fourth-order valence-corrected chi connectivity index (χ4v) is 2.86. The van der Waals surface area contributed by atoms with Crippen molar-refractivity contribution in [3.63, 3.8) is 0 Å². The fourth-order valence-electron chi connectivity index (χ4n) is 2.86. The monoisotopic (exact) mass is 255 g/mol. The van der Waals surface area contributed by atoms with Crippen molar-refractivity contribution in [1.82, 2.24) is 15.5 Å². The van der Waals surface area contributed by atoms with Crippen LogP contribution in [0, 0.1) is 0 Å². The van der Waals surface area contributed by atoms with E-state index in [0.29, 0.717) is 5.92 Å². The molecule has 1 aliphatic heterocycles. The molecule has 2 aromatic rings. The van der Waals surface area contributed by atoms with Crippen LogP contribution >= 0.6 is 0 Å². The van der Waals surface area contributed by atoms with Gasteiger partial charge in [-0.2, -0.15) is 5.10 Å². The first kappa shape index (κ1) is 12.4. The van der Waals surface area contributed by atoms with Gasteiger partial charge in [0.15, 0.2) is 0 Å². The number of benzene rings is 1. The summed E-state index contributed by atoms with van der Waals surface area (Å²) in [5.41, 5.74) is 5.20. The van der Waals surface area contributed by atoms with E-state index in [-0.39, 0.29) is 0 Å². The van der Waals surface area contributed by atoms with Gasteiger partial charge in [0, 0.05) is 23.7 Å². The van der Waals surface area contributed by atoms with E-state index in [4.69, 9.17) is 0 Å². The third kappa shape index (κ3) is 2.56. The Morgan fingerprint density at radius 1 is 1.26 bits per heavy atom. The summed E-state index contributed by atoms with van der Waals surface area (Å²) in [4.78, 5) is 0. The van der Waals surface area contributed by atoms with Crippen molar-refractivity contribution >= 4 is 0 Å². The highest BCUT2D eigenvalue weighted by Gasteiger charge is 2.20. The molecule has 0 amide bonds. The van der Waals surface area contributed by atoms with Gasteiger partial charge in [-0.15, -0.1) is 0 Å². The van der Waals surface area contributed by atoms with Gasteiger partial charge in [0.05, 0.1) is 6.20 Å². The Morgan fingerprint density at radius 3 is 2.79 bits per heavy atom. The SMILES string of the molecule is CCc1ccc(-c2cn[nH]c2C2CCCNC2)cc1. The highest BCUT2D eigenvalue weighted by molar-refractivity contribution is 5.66. The molecule has 0 spiro atoms. The van der Waals surface area contributed by atoms with Crippen LogP contribution in [-0.2, 0) is 6.42 Å². The van der Waals surface area contributed by atoms with Crippen LogP contribution in [0.1, 0.15) is 36.9 Å². The van der Waals surface area contributed by atoms with Crippen LogP contribution < -0.4 is 5.32 Å². The minimum Gasteiger partial charge on any atom is -0.316 e. The highest BCUT2D eigenvalue weighted by Crippen LogP contribution is 2.31. The Labute approximate surface area is 114 Å². The van der Waals surface area contributed by atoms with Gasteiger partial charge >= 0.3 is 0 Å². The summed E-state index contributed by atoms with van der Waals surface area (Å²) in [5.74, 6) is 0.567. The minimum atomic E-state index is 0.567. The average molecular weight is 255 g/mol. The molecular formula is C16H21N3. The number of nitrogens with one attached hydrogen (secondary N) is 2. The second kappa shape index (κ2) is 5.57. The lowest BCUT2D eigenvalue weighted by molar-refractivity contribution is 0.455. The maximum atomic E-state index is 4.26. The number of aryl methyl sites for hydroxylation is 1. The largest absolute Gasteiger partial charge is 0.316 e. The molecule has 1 aromatic carbocycles. The number of rotatable bonds is 3. The molecule has 3 nitrogen and oxygen atoms in total. The molecule has 3 rings (SSSR count).